The summed E-state index contributed by atoms with van der Waals surface area (Å²) in [5, 5.41) is 0. The first-order valence-corrected chi connectivity index (χ1v) is 7.75. The van der Waals surface area contributed by atoms with Gasteiger partial charge in [0.1, 0.15) is 0 Å². The topological polar surface area (TPSA) is 14.1 Å². The second kappa shape index (κ2) is 3.87. The molecule has 0 saturated carbocycles. The second-order valence-corrected chi connectivity index (χ2v) is 8.63. The summed E-state index contributed by atoms with van der Waals surface area (Å²) < 4.78 is 0. The van der Waals surface area contributed by atoms with E-state index in [1.54, 1.807) is 0 Å². The molecule has 0 aliphatic rings. The molecule has 66 valence electrons. The third kappa shape index (κ3) is 3.69. The minimum Gasteiger partial charge on any atom is -0.661 e. The van der Waals surface area contributed by atoms with Gasteiger partial charge in [-0.05, 0) is 0 Å². The first-order chi connectivity index (χ1) is 5.58. The van der Waals surface area contributed by atoms with Crippen LogP contribution in [0.5, 0.6) is 0 Å². The van der Waals surface area contributed by atoms with Gasteiger partial charge in [-0.15, -0.1) is 6.54 Å². The highest BCUT2D eigenvalue weighted by Gasteiger charge is 1.96. The molecule has 0 atom stereocenters. The molecule has 0 aliphatic carbocycles. The minimum atomic E-state index is -1.22. The molecule has 0 saturated heterocycles. The van der Waals surface area contributed by atoms with E-state index in [1.807, 2.05) is 6.07 Å². The molecule has 1 aromatic rings. The number of nitrogens with zero attached hydrogens (tertiary/aromatic N) is 1. The fraction of sp³-hybridized carbons (Fsp3) is 0.400. The summed E-state index contributed by atoms with van der Waals surface area (Å²) in [4.78, 5) is 4.67. The molecule has 0 unspecified atom stereocenters. The van der Waals surface area contributed by atoms with E-state index in [0.29, 0.717) is 0 Å². The summed E-state index contributed by atoms with van der Waals surface area (Å²) in [7, 11) is -1.22. The summed E-state index contributed by atoms with van der Waals surface area (Å²) in [6, 6.07) is 10.4. The van der Waals surface area contributed by atoms with Gasteiger partial charge in [0.25, 0.3) is 0 Å². The Balaban J connectivity index is 2.44. The highest BCUT2D eigenvalue weighted by Crippen LogP contribution is 2.14. The van der Waals surface area contributed by atoms with Crippen molar-refractivity contribution in [1.82, 2.24) is 0 Å². The van der Waals surface area contributed by atoms with Gasteiger partial charge in [0.15, 0.2) is 0 Å². The maximum Gasteiger partial charge on any atom is -0.0608 e. The van der Waals surface area contributed by atoms with Gasteiger partial charge >= 0.3 is 0 Å². The fourth-order valence-corrected chi connectivity index (χ4v) is 1.57. The average molecular weight is 178 g/mol. The maximum atomic E-state index is 4.67. The molecule has 12 heavy (non-hydrogen) atoms. The lowest BCUT2D eigenvalue weighted by Gasteiger charge is -2.34. The minimum absolute atomic E-state index is 0.885. The first-order valence-electron chi connectivity index (χ1n) is 4.30. The molecule has 1 nitrogen and oxygen atoms in total. The lowest BCUT2D eigenvalue weighted by Crippen LogP contribution is -2.18. The van der Waals surface area contributed by atoms with Crippen LogP contribution in [0, 0.1) is 0 Å². The Morgan fingerprint density at radius 2 is 1.67 bits per heavy atom. The first kappa shape index (κ1) is 9.48. The van der Waals surface area contributed by atoms with E-state index >= 15 is 0 Å². The van der Waals surface area contributed by atoms with Crippen LogP contribution in [0.15, 0.2) is 30.3 Å². The highest BCUT2D eigenvalue weighted by atomic mass is 28.3. The van der Waals surface area contributed by atoms with E-state index in [2.05, 4.69) is 48.9 Å². The van der Waals surface area contributed by atoms with Crippen LogP contribution in [0.1, 0.15) is 5.56 Å². The normalized spacial score (nSPS) is 11.6. The van der Waals surface area contributed by atoms with Crippen molar-refractivity contribution in [3.05, 3.63) is 40.9 Å². The monoisotopic (exact) mass is 178 g/mol. The van der Waals surface area contributed by atoms with Gasteiger partial charge in [0.2, 0.25) is 0 Å². The van der Waals surface area contributed by atoms with Crippen molar-refractivity contribution >= 4 is 8.24 Å². The van der Waals surface area contributed by atoms with E-state index in [9.17, 15) is 0 Å². The maximum absolute atomic E-state index is 4.67. The molecular formula is C10H16NSi-. The van der Waals surface area contributed by atoms with Crippen LogP contribution >= 0.6 is 0 Å². The quantitative estimate of drug-likeness (QED) is 0.630. The molecule has 0 amide bonds. The van der Waals surface area contributed by atoms with Crippen molar-refractivity contribution in [2.45, 2.75) is 26.2 Å². The van der Waals surface area contributed by atoms with Crippen LogP contribution in [0.2, 0.25) is 19.6 Å². The second-order valence-electron chi connectivity index (χ2n) is 3.97. The third-order valence-corrected chi connectivity index (χ3v) is 2.69. The van der Waals surface area contributed by atoms with Crippen molar-refractivity contribution in [2.75, 3.05) is 0 Å². The number of rotatable bonds is 3. The predicted octanol–water partition coefficient (Wildman–Crippen LogP) is 3.40. The number of benzene rings is 1. The third-order valence-electron chi connectivity index (χ3n) is 1.58. The van der Waals surface area contributed by atoms with Crippen molar-refractivity contribution in [3.63, 3.8) is 0 Å². The summed E-state index contributed by atoms with van der Waals surface area (Å²) in [5.74, 6) is 0. The largest absolute Gasteiger partial charge is 0.661 e. The van der Waals surface area contributed by atoms with E-state index in [1.165, 1.54) is 5.56 Å². The Kier molecular flexibility index (Phi) is 3.06. The molecular weight excluding hydrogens is 162 g/mol. The average Bonchev–Trinajstić information content (AvgIpc) is 2.02. The number of hydrogen-bond acceptors (Lipinski definition) is 0. The molecule has 1 aromatic carbocycles. The van der Waals surface area contributed by atoms with Gasteiger partial charge in [-0.25, -0.2) is 0 Å². The van der Waals surface area contributed by atoms with Gasteiger partial charge in [-0.3, -0.25) is 0 Å². The smallest absolute Gasteiger partial charge is 0.0608 e. The SMILES string of the molecule is C[Si](C)(C)[N-]Cc1ccccc1. The molecule has 0 N–H and O–H groups in total. The van der Waals surface area contributed by atoms with Crippen molar-refractivity contribution in [1.29, 1.82) is 0 Å². The van der Waals surface area contributed by atoms with E-state index < -0.39 is 8.24 Å². The van der Waals surface area contributed by atoms with Gasteiger partial charge in [0, 0.05) is 0 Å². The molecule has 0 spiro atoms. The van der Waals surface area contributed by atoms with Crippen LogP contribution in [-0.2, 0) is 6.54 Å². The van der Waals surface area contributed by atoms with E-state index in [4.69, 9.17) is 0 Å². The molecule has 0 bridgehead atoms. The Labute approximate surface area is 75.9 Å². The van der Waals surface area contributed by atoms with Crippen LogP contribution in [0.25, 0.3) is 4.98 Å². The Morgan fingerprint density at radius 1 is 1.08 bits per heavy atom. The van der Waals surface area contributed by atoms with Gasteiger partial charge in [-0.1, -0.05) is 63.8 Å². The van der Waals surface area contributed by atoms with E-state index in [-0.39, 0.29) is 0 Å². The Hall–Kier alpha value is -0.603. The van der Waals surface area contributed by atoms with Crippen molar-refractivity contribution in [2.24, 2.45) is 0 Å². The molecule has 0 heterocycles. The van der Waals surface area contributed by atoms with Gasteiger partial charge in [-0.2, -0.15) is 0 Å². The molecule has 0 radical (unpaired) electrons. The number of hydrogen-bond donors (Lipinski definition) is 0. The lowest BCUT2D eigenvalue weighted by atomic mass is 10.2. The van der Waals surface area contributed by atoms with E-state index in [0.717, 1.165) is 6.54 Å². The van der Waals surface area contributed by atoms with Crippen molar-refractivity contribution < 1.29 is 0 Å². The van der Waals surface area contributed by atoms with Crippen molar-refractivity contribution in [3.8, 4) is 0 Å². The standard InChI is InChI=1S/C10H16NSi/c1-12(2,3)11-9-10-7-5-4-6-8-10/h4-8H,9H2,1-3H3/q-1. The zero-order valence-electron chi connectivity index (χ0n) is 8.04. The molecule has 2 heteroatoms. The summed E-state index contributed by atoms with van der Waals surface area (Å²) in [6.07, 6.45) is 0. The molecule has 0 fully saturated rings. The van der Waals surface area contributed by atoms with Crippen LogP contribution in [0.3, 0.4) is 0 Å². The molecule has 0 aromatic heterocycles. The molecule has 1 rings (SSSR count). The summed E-state index contributed by atoms with van der Waals surface area (Å²) >= 11 is 0. The summed E-state index contributed by atoms with van der Waals surface area (Å²) in [5.41, 5.74) is 1.32. The van der Waals surface area contributed by atoms with Crippen LogP contribution in [0.4, 0.5) is 0 Å². The van der Waals surface area contributed by atoms with Gasteiger partial charge in [0.05, 0.1) is 0 Å². The zero-order chi connectivity index (χ0) is 9.03. The zero-order valence-corrected chi connectivity index (χ0v) is 9.04. The fourth-order valence-electron chi connectivity index (χ4n) is 0.912. The van der Waals surface area contributed by atoms with Crippen LogP contribution < -0.4 is 0 Å². The van der Waals surface area contributed by atoms with Gasteiger partial charge < -0.3 is 4.98 Å². The molecule has 0 aliphatic heterocycles. The summed E-state index contributed by atoms with van der Waals surface area (Å²) in [6.45, 7) is 7.67. The Bertz CT molecular complexity index is 225. The highest BCUT2D eigenvalue weighted by molar-refractivity contribution is 6.80. The lowest BCUT2D eigenvalue weighted by molar-refractivity contribution is 1.23. The predicted molar refractivity (Wildman–Crippen MR) is 56.9 cm³/mol. The Morgan fingerprint density at radius 3 is 2.17 bits per heavy atom. The van der Waals surface area contributed by atoms with Crippen LogP contribution in [-0.4, -0.2) is 8.24 Å².